The van der Waals surface area contributed by atoms with Gasteiger partial charge in [-0.1, -0.05) is 51.4 Å². The Bertz CT molecular complexity index is 1610. The molecule has 0 bridgehead atoms. The molecule has 0 rings (SSSR count). The number of hydrogen-bond donors (Lipinski definition) is 0. The quantitative estimate of drug-likeness (QED) is 0.0269. The summed E-state index contributed by atoms with van der Waals surface area (Å²) in [6.07, 6.45) is -21.8. The van der Waals surface area contributed by atoms with Crippen molar-refractivity contribution in [1.29, 1.82) is 0 Å². The zero-order valence-electron chi connectivity index (χ0n) is 36.9. The minimum Gasteiger partial charge on any atom is -0.756 e. The zero-order valence-corrected chi connectivity index (χ0v) is 37.8. The van der Waals surface area contributed by atoms with E-state index in [9.17, 15) is 124 Å². The van der Waals surface area contributed by atoms with E-state index >= 15 is 0 Å². The molecular weight excluding hydrogens is 1070 g/mol. The van der Waals surface area contributed by atoms with Gasteiger partial charge in [-0.25, -0.2) is 0 Å². The highest BCUT2D eigenvalue weighted by Crippen LogP contribution is 2.64. The Balaban J connectivity index is 5.25. The first-order valence-corrected chi connectivity index (χ1v) is 22.0. The van der Waals surface area contributed by atoms with Crippen molar-refractivity contribution in [2.24, 2.45) is 0 Å². The van der Waals surface area contributed by atoms with Crippen molar-refractivity contribution in [3.8, 4) is 0 Å². The first-order chi connectivity index (χ1) is 31.0. The largest absolute Gasteiger partial charge is 0.756 e. The Morgan fingerprint density at radius 1 is 0.400 bits per heavy atom. The third-order valence-corrected chi connectivity index (χ3v) is 11.0. The van der Waals surface area contributed by atoms with Gasteiger partial charge in [-0.05, 0) is 25.7 Å². The lowest BCUT2D eigenvalue weighted by Crippen LogP contribution is -2.74. The lowest BCUT2D eigenvalue weighted by molar-refractivity contribution is -0.870. The maximum Gasteiger partial charge on any atom is 0.460 e. The minimum absolute atomic E-state index is 0.121. The second-order valence-corrected chi connectivity index (χ2v) is 18.3. The number of nitrogens with zero attached hydrogens (tertiary/aromatic N) is 1. The first-order valence-electron chi connectivity index (χ1n) is 20.5. The van der Waals surface area contributed by atoms with Gasteiger partial charge < -0.3 is 27.9 Å². The normalized spacial score (nSPS) is 16.5. The molecule has 0 aromatic heterocycles. The molecule has 34 heteroatoms. The van der Waals surface area contributed by atoms with E-state index in [1.807, 2.05) is 0 Å². The van der Waals surface area contributed by atoms with Crippen molar-refractivity contribution in [3.05, 3.63) is 0 Å². The SMILES string of the molecule is C[N+](C)(C)CCOP(=O)([O-])OC[C@@H](COCCCCCC(F)(F)C(F)(F)C(F)(F)C(F)(F)C(F)(F)C(F)(F)C(F)(F)C(F)(F)F)OCCCCCCCCCCCC(F)(F)C(F)(F)C(F)(F)C(F)(F)F. The molecule has 0 heterocycles. The Hall–Kier alpha value is -1.83. The Morgan fingerprint density at radius 2 is 0.714 bits per heavy atom. The molecule has 0 aliphatic rings. The number of phosphoric ester groups is 1. The van der Waals surface area contributed by atoms with E-state index in [2.05, 4.69) is 0 Å². The summed E-state index contributed by atoms with van der Waals surface area (Å²) in [6, 6.07) is 0. The summed E-state index contributed by atoms with van der Waals surface area (Å²) in [6.45, 7) is -2.27. The van der Waals surface area contributed by atoms with Gasteiger partial charge in [0.2, 0.25) is 0 Å². The van der Waals surface area contributed by atoms with Gasteiger partial charge in [-0.3, -0.25) is 4.57 Å². The van der Waals surface area contributed by atoms with Gasteiger partial charge in [-0.15, -0.1) is 0 Å². The molecule has 0 radical (unpaired) electrons. The number of alkyl halides is 26. The average molecular weight is 1120 g/mol. The van der Waals surface area contributed by atoms with Crippen molar-refractivity contribution in [1.82, 2.24) is 0 Å². The van der Waals surface area contributed by atoms with Crippen molar-refractivity contribution >= 4 is 7.82 Å². The maximum atomic E-state index is 14.2. The predicted octanol–water partition coefficient (Wildman–Crippen LogP) is 13.5. The molecule has 0 spiro atoms. The summed E-state index contributed by atoms with van der Waals surface area (Å²) in [5.74, 6) is -76.4. The molecule has 422 valence electrons. The number of likely N-dealkylation sites (N-methyl/N-ethyl adjacent to an activating group) is 1. The molecule has 0 fully saturated rings. The van der Waals surface area contributed by atoms with E-state index < -0.39 is 144 Å². The van der Waals surface area contributed by atoms with Gasteiger partial charge in [0.05, 0.1) is 34.4 Å². The van der Waals surface area contributed by atoms with Crippen LogP contribution in [0.1, 0.15) is 89.9 Å². The minimum atomic E-state index is -8.74. The molecule has 0 aromatic rings. The molecule has 7 nitrogen and oxygen atoms in total. The van der Waals surface area contributed by atoms with Crippen LogP contribution in [0.15, 0.2) is 0 Å². The smallest absolute Gasteiger partial charge is 0.460 e. The predicted molar refractivity (Wildman–Crippen MR) is 189 cm³/mol. The number of rotatable bonds is 36. The Labute approximate surface area is 383 Å². The molecule has 0 aliphatic carbocycles. The second-order valence-electron chi connectivity index (χ2n) is 16.9. The standard InChI is InChI=1S/C36H50F26NO6P/c1-63(2,3)18-21-68-70(64,65)69-23-24(67-20-15-10-8-6-4-5-7-9-12-16-26(39,40)28(43,44)33(53,54)35(57,58)59)22-66-19-14-11-13-17-25(37,38)27(41,42)29(45,46)30(47,48)31(49,50)32(51,52)34(55,56)36(60,61)62/h24H,4-23H2,1-3H3/t24-/m1/s1. The van der Waals surface area contributed by atoms with Crippen LogP contribution in [0.4, 0.5) is 114 Å². The topological polar surface area (TPSA) is 77.1 Å². The van der Waals surface area contributed by atoms with E-state index in [0.29, 0.717) is 32.1 Å². The van der Waals surface area contributed by atoms with Crippen molar-refractivity contribution in [2.75, 3.05) is 60.7 Å². The number of ether oxygens (including phenoxy) is 2. The van der Waals surface area contributed by atoms with E-state index in [1.165, 1.54) is 0 Å². The van der Waals surface area contributed by atoms with E-state index in [0.717, 1.165) is 0 Å². The van der Waals surface area contributed by atoms with Crippen LogP contribution < -0.4 is 4.89 Å². The van der Waals surface area contributed by atoms with Gasteiger partial charge in [0, 0.05) is 26.1 Å². The number of hydrogen-bond acceptors (Lipinski definition) is 6. The third-order valence-electron chi connectivity index (χ3n) is 10.00. The summed E-state index contributed by atoms with van der Waals surface area (Å²) >= 11 is 0. The molecule has 0 saturated carbocycles. The zero-order chi connectivity index (χ0) is 55.5. The van der Waals surface area contributed by atoms with Crippen molar-refractivity contribution < 1.29 is 147 Å². The maximum absolute atomic E-state index is 14.2. The van der Waals surface area contributed by atoms with Crippen LogP contribution in [0.25, 0.3) is 0 Å². The highest BCUT2D eigenvalue weighted by molar-refractivity contribution is 7.45. The van der Waals surface area contributed by atoms with Crippen molar-refractivity contribution in [3.63, 3.8) is 0 Å². The van der Waals surface area contributed by atoms with Gasteiger partial charge >= 0.3 is 71.6 Å². The van der Waals surface area contributed by atoms with Gasteiger partial charge in [0.25, 0.3) is 7.82 Å². The summed E-state index contributed by atoms with van der Waals surface area (Å²) in [5.41, 5.74) is 0. The lowest BCUT2D eigenvalue weighted by Gasteiger charge is -2.42. The Morgan fingerprint density at radius 3 is 1.11 bits per heavy atom. The summed E-state index contributed by atoms with van der Waals surface area (Å²) in [5, 5.41) is 0. The lowest BCUT2D eigenvalue weighted by atomic mass is 9.88. The molecule has 0 saturated heterocycles. The molecule has 1 unspecified atom stereocenters. The van der Waals surface area contributed by atoms with Crippen molar-refractivity contribution in [2.45, 2.75) is 168 Å². The van der Waals surface area contributed by atoms with Gasteiger partial charge in [0.1, 0.15) is 19.3 Å². The van der Waals surface area contributed by atoms with Crippen LogP contribution in [0.3, 0.4) is 0 Å². The van der Waals surface area contributed by atoms with Crippen LogP contribution in [-0.4, -0.2) is 143 Å². The molecule has 70 heavy (non-hydrogen) atoms. The monoisotopic (exact) mass is 1120 g/mol. The number of halogens is 26. The highest BCUT2D eigenvalue weighted by Gasteiger charge is 2.95. The Kier molecular flexibility index (Phi) is 24.0. The summed E-state index contributed by atoms with van der Waals surface area (Å²) < 4.78 is 379. The van der Waals surface area contributed by atoms with Crippen LogP contribution in [-0.2, 0) is 23.1 Å². The fraction of sp³-hybridized carbons (Fsp3) is 1.00. The summed E-state index contributed by atoms with van der Waals surface area (Å²) in [4.78, 5) is 12.2. The van der Waals surface area contributed by atoms with E-state index in [4.69, 9.17) is 18.5 Å². The third kappa shape index (κ3) is 16.8. The van der Waals surface area contributed by atoms with Crippen LogP contribution in [0.2, 0.25) is 0 Å². The van der Waals surface area contributed by atoms with E-state index in [-0.39, 0.29) is 43.5 Å². The average Bonchev–Trinajstić information content (AvgIpc) is 3.17. The molecule has 0 amide bonds. The fourth-order valence-electron chi connectivity index (χ4n) is 5.58. The highest BCUT2D eigenvalue weighted by atomic mass is 31.2. The van der Waals surface area contributed by atoms with E-state index in [1.54, 1.807) is 21.1 Å². The van der Waals surface area contributed by atoms with Gasteiger partial charge in [-0.2, -0.15) is 114 Å². The first kappa shape index (κ1) is 68.2. The molecule has 2 atom stereocenters. The van der Waals surface area contributed by atoms with Crippen LogP contribution >= 0.6 is 7.82 Å². The molecule has 0 aliphatic heterocycles. The number of phosphoric acid groups is 1. The molecule has 0 N–H and O–H groups in total. The van der Waals surface area contributed by atoms with Crippen LogP contribution in [0, 0.1) is 0 Å². The number of quaternary nitrogens is 1. The van der Waals surface area contributed by atoms with Crippen LogP contribution in [0.5, 0.6) is 0 Å². The molecule has 0 aromatic carbocycles. The fourth-order valence-corrected chi connectivity index (χ4v) is 6.31. The summed E-state index contributed by atoms with van der Waals surface area (Å²) in [7, 11) is 0.0689. The van der Waals surface area contributed by atoms with Gasteiger partial charge in [0.15, 0.2) is 0 Å². The number of unbranched alkanes of at least 4 members (excludes halogenated alkanes) is 10. The second kappa shape index (κ2) is 24.7. The molecular formula is C36H50F26NO6P.